The molecule has 26 heavy (non-hydrogen) atoms. The Morgan fingerprint density at radius 1 is 1.12 bits per heavy atom. The molecule has 0 unspecified atom stereocenters. The van der Waals surface area contributed by atoms with E-state index in [0.717, 1.165) is 0 Å². The average molecular weight is 397 g/mol. The van der Waals surface area contributed by atoms with E-state index in [1.54, 1.807) is 36.4 Å². The molecule has 1 N–H and O–H groups in total. The second-order valence-electron chi connectivity index (χ2n) is 5.45. The van der Waals surface area contributed by atoms with E-state index in [9.17, 15) is 13.2 Å². The molecule has 0 aliphatic carbocycles. The van der Waals surface area contributed by atoms with Gasteiger partial charge in [-0.05, 0) is 55.5 Å². The van der Waals surface area contributed by atoms with Crippen LogP contribution in [0.2, 0.25) is 5.02 Å². The van der Waals surface area contributed by atoms with Crippen molar-refractivity contribution in [3.63, 3.8) is 0 Å². The molecule has 0 aliphatic heterocycles. The van der Waals surface area contributed by atoms with Gasteiger partial charge >= 0.3 is 0 Å². The van der Waals surface area contributed by atoms with Gasteiger partial charge in [0.1, 0.15) is 5.75 Å². The number of nitrogens with one attached hydrogen (secondary N) is 1. The number of sulfonamides is 1. The maximum absolute atomic E-state index is 12.4. The van der Waals surface area contributed by atoms with E-state index in [2.05, 4.69) is 4.72 Å². The summed E-state index contributed by atoms with van der Waals surface area (Å²) < 4.78 is 32.5. The van der Waals surface area contributed by atoms with Crippen LogP contribution in [-0.2, 0) is 14.8 Å². The van der Waals surface area contributed by atoms with Gasteiger partial charge in [0.15, 0.2) is 0 Å². The van der Waals surface area contributed by atoms with Gasteiger partial charge in [-0.3, -0.25) is 4.79 Å². The summed E-state index contributed by atoms with van der Waals surface area (Å²) in [6.07, 6.45) is 0. The van der Waals surface area contributed by atoms with Gasteiger partial charge < -0.3 is 9.64 Å². The van der Waals surface area contributed by atoms with Crippen molar-refractivity contribution in [3.8, 4) is 5.75 Å². The average Bonchev–Trinajstić information content (AvgIpc) is 2.60. The van der Waals surface area contributed by atoms with Crippen molar-refractivity contribution in [2.45, 2.75) is 18.7 Å². The van der Waals surface area contributed by atoms with Crippen LogP contribution in [0.5, 0.6) is 5.75 Å². The molecule has 0 fully saturated rings. The van der Waals surface area contributed by atoms with Gasteiger partial charge in [-0.15, -0.1) is 0 Å². The molecule has 0 aliphatic rings. The highest BCUT2D eigenvalue weighted by molar-refractivity contribution is 7.89. The standard InChI is InChI=1S/C18H21ClN2O4S/c1-3-25-17-8-10-18(11-9-17)26(23,24)20-12-13-21(14(2)22)16-6-4-15(19)5-7-16/h4-11,20H,3,12-13H2,1-2H3. The minimum atomic E-state index is -3.67. The van der Waals surface area contributed by atoms with Crippen LogP contribution in [0.4, 0.5) is 5.69 Å². The third-order valence-electron chi connectivity index (χ3n) is 3.59. The van der Waals surface area contributed by atoms with Crippen LogP contribution in [0.1, 0.15) is 13.8 Å². The fourth-order valence-electron chi connectivity index (χ4n) is 2.35. The molecular weight excluding hydrogens is 376 g/mol. The molecule has 0 saturated heterocycles. The summed E-state index contributed by atoms with van der Waals surface area (Å²) in [7, 11) is -3.67. The molecule has 2 aromatic carbocycles. The van der Waals surface area contributed by atoms with Crippen molar-refractivity contribution in [2.24, 2.45) is 0 Å². The molecule has 0 bridgehead atoms. The first-order chi connectivity index (χ1) is 12.3. The Kier molecular flexibility index (Phi) is 7.02. The molecule has 0 aromatic heterocycles. The summed E-state index contributed by atoms with van der Waals surface area (Å²) in [6.45, 7) is 4.07. The number of carbonyl (C=O) groups is 1. The van der Waals surface area contributed by atoms with E-state index >= 15 is 0 Å². The van der Waals surface area contributed by atoms with Crippen molar-refractivity contribution in [1.29, 1.82) is 0 Å². The van der Waals surface area contributed by atoms with Gasteiger partial charge in [-0.2, -0.15) is 0 Å². The summed E-state index contributed by atoms with van der Waals surface area (Å²) in [5, 5.41) is 0.563. The minimum absolute atomic E-state index is 0.0811. The molecular formula is C18H21ClN2O4S. The zero-order valence-corrected chi connectivity index (χ0v) is 16.2. The number of rotatable bonds is 8. The molecule has 0 saturated carbocycles. The van der Waals surface area contributed by atoms with Gasteiger partial charge in [-0.1, -0.05) is 11.6 Å². The Morgan fingerprint density at radius 3 is 2.27 bits per heavy atom. The van der Waals surface area contributed by atoms with Gasteiger partial charge in [0.05, 0.1) is 11.5 Å². The normalized spacial score (nSPS) is 11.2. The molecule has 2 aromatic rings. The van der Waals surface area contributed by atoms with Crippen molar-refractivity contribution in [2.75, 3.05) is 24.6 Å². The van der Waals surface area contributed by atoms with E-state index in [4.69, 9.17) is 16.3 Å². The van der Waals surface area contributed by atoms with Crippen molar-refractivity contribution in [1.82, 2.24) is 4.72 Å². The monoisotopic (exact) mass is 396 g/mol. The van der Waals surface area contributed by atoms with E-state index < -0.39 is 10.0 Å². The predicted octanol–water partition coefficient (Wildman–Crippen LogP) is 3.07. The van der Waals surface area contributed by atoms with Crippen LogP contribution in [0.15, 0.2) is 53.4 Å². The highest BCUT2D eigenvalue weighted by atomic mass is 35.5. The summed E-state index contributed by atoms with van der Waals surface area (Å²) in [4.78, 5) is 13.5. The molecule has 0 spiro atoms. The van der Waals surface area contributed by atoms with Gasteiger partial charge in [0.2, 0.25) is 15.9 Å². The fourth-order valence-corrected chi connectivity index (χ4v) is 3.49. The summed E-state index contributed by atoms with van der Waals surface area (Å²) >= 11 is 5.85. The Labute approximate surface area is 158 Å². The SMILES string of the molecule is CCOc1ccc(S(=O)(=O)NCCN(C(C)=O)c2ccc(Cl)cc2)cc1. The highest BCUT2D eigenvalue weighted by Crippen LogP contribution is 2.18. The number of benzene rings is 2. The zero-order chi connectivity index (χ0) is 19.2. The third kappa shape index (κ3) is 5.45. The number of hydrogen-bond acceptors (Lipinski definition) is 4. The topological polar surface area (TPSA) is 75.7 Å². The molecule has 8 heteroatoms. The van der Waals surface area contributed by atoms with E-state index in [0.29, 0.717) is 23.1 Å². The fraction of sp³-hybridized carbons (Fsp3) is 0.278. The number of hydrogen-bond donors (Lipinski definition) is 1. The molecule has 6 nitrogen and oxygen atoms in total. The van der Waals surface area contributed by atoms with E-state index in [1.807, 2.05) is 6.92 Å². The number of amides is 1. The molecule has 0 radical (unpaired) electrons. The lowest BCUT2D eigenvalue weighted by Gasteiger charge is -2.21. The van der Waals surface area contributed by atoms with Gasteiger partial charge in [0.25, 0.3) is 0 Å². The first-order valence-electron chi connectivity index (χ1n) is 8.09. The predicted molar refractivity (Wildman–Crippen MR) is 102 cm³/mol. The van der Waals surface area contributed by atoms with E-state index in [1.165, 1.54) is 24.0 Å². The third-order valence-corrected chi connectivity index (χ3v) is 5.32. The van der Waals surface area contributed by atoms with Crippen LogP contribution < -0.4 is 14.4 Å². The van der Waals surface area contributed by atoms with Crippen LogP contribution in [0.25, 0.3) is 0 Å². The lowest BCUT2D eigenvalue weighted by atomic mass is 10.3. The Balaban J connectivity index is 2.01. The maximum atomic E-state index is 12.4. The molecule has 140 valence electrons. The van der Waals surface area contributed by atoms with Crippen LogP contribution in [0.3, 0.4) is 0 Å². The summed E-state index contributed by atoms with van der Waals surface area (Å²) in [6, 6.07) is 13.0. The van der Waals surface area contributed by atoms with Gasteiger partial charge in [0, 0.05) is 30.7 Å². The zero-order valence-electron chi connectivity index (χ0n) is 14.6. The van der Waals surface area contributed by atoms with Crippen molar-refractivity contribution in [3.05, 3.63) is 53.6 Å². The summed E-state index contributed by atoms with van der Waals surface area (Å²) in [5.74, 6) is 0.421. The smallest absolute Gasteiger partial charge is 0.240 e. The molecule has 0 atom stereocenters. The first-order valence-corrected chi connectivity index (χ1v) is 9.96. The largest absolute Gasteiger partial charge is 0.494 e. The number of anilines is 1. The van der Waals surface area contributed by atoms with Crippen molar-refractivity contribution >= 4 is 33.2 Å². The Hall–Kier alpha value is -2.09. The van der Waals surface area contributed by atoms with Crippen molar-refractivity contribution < 1.29 is 17.9 Å². The molecule has 1 amide bonds. The molecule has 2 rings (SSSR count). The molecule has 0 heterocycles. The van der Waals surface area contributed by atoms with Crippen LogP contribution in [-0.4, -0.2) is 34.0 Å². The number of halogens is 1. The quantitative estimate of drug-likeness (QED) is 0.744. The maximum Gasteiger partial charge on any atom is 0.240 e. The highest BCUT2D eigenvalue weighted by Gasteiger charge is 2.16. The summed E-state index contributed by atoms with van der Waals surface area (Å²) in [5.41, 5.74) is 0.655. The van der Waals surface area contributed by atoms with Crippen LogP contribution in [0, 0.1) is 0 Å². The lowest BCUT2D eigenvalue weighted by molar-refractivity contribution is -0.116. The second kappa shape index (κ2) is 9.02. The number of nitrogens with zero attached hydrogens (tertiary/aromatic N) is 1. The number of ether oxygens (including phenoxy) is 1. The second-order valence-corrected chi connectivity index (χ2v) is 7.65. The minimum Gasteiger partial charge on any atom is -0.494 e. The Morgan fingerprint density at radius 2 is 1.73 bits per heavy atom. The van der Waals surface area contributed by atoms with E-state index in [-0.39, 0.29) is 23.9 Å². The first kappa shape index (κ1) is 20.2. The lowest BCUT2D eigenvalue weighted by Crippen LogP contribution is -2.37. The Bertz CT molecular complexity index is 836. The number of carbonyl (C=O) groups excluding carboxylic acids is 1. The van der Waals surface area contributed by atoms with Crippen LogP contribution >= 0.6 is 11.6 Å². The van der Waals surface area contributed by atoms with Gasteiger partial charge in [-0.25, -0.2) is 13.1 Å².